The summed E-state index contributed by atoms with van der Waals surface area (Å²) in [5.74, 6) is 0. The minimum absolute atomic E-state index is 0.163. The Morgan fingerprint density at radius 1 is 1.13 bits per heavy atom. The molecule has 1 atom stereocenters. The lowest BCUT2D eigenvalue weighted by Gasteiger charge is -2.18. The Balaban J connectivity index is 2.04. The molecule has 0 aliphatic rings. The zero-order valence-corrected chi connectivity index (χ0v) is 12.9. The van der Waals surface area contributed by atoms with Crippen molar-refractivity contribution in [3.63, 3.8) is 0 Å². The maximum Gasteiger partial charge on any atom is 0.0991 e. The SMILES string of the molecule is CC(/C(=C/c1ccc(C#N)cc1)c1ccccc1)n1ccnc1. The van der Waals surface area contributed by atoms with Crippen LogP contribution in [0.15, 0.2) is 73.3 Å². The van der Waals surface area contributed by atoms with Crippen molar-refractivity contribution in [2.75, 3.05) is 0 Å². The van der Waals surface area contributed by atoms with Gasteiger partial charge in [-0.05, 0) is 41.8 Å². The zero-order chi connectivity index (χ0) is 16.1. The van der Waals surface area contributed by atoms with Crippen LogP contribution in [0.5, 0.6) is 0 Å². The summed E-state index contributed by atoms with van der Waals surface area (Å²) in [5, 5.41) is 8.93. The third-order valence-corrected chi connectivity index (χ3v) is 3.89. The fourth-order valence-electron chi connectivity index (χ4n) is 2.57. The molecule has 0 aliphatic heterocycles. The molecule has 0 spiro atoms. The molecule has 0 saturated heterocycles. The first-order chi connectivity index (χ1) is 11.3. The minimum Gasteiger partial charge on any atom is -0.330 e. The summed E-state index contributed by atoms with van der Waals surface area (Å²) in [7, 11) is 0. The van der Waals surface area contributed by atoms with E-state index in [1.165, 1.54) is 11.1 Å². The zero-order valence-electron chi connectivity index (χ0n) is 12.9. The third-order valence-electron chi connectivity index (χ3n) is 3.89. The van der Waals surface area contributed by atoms with E-state index in [0.717, 1.165) is 5.56 Å². The van der Waals surface area contributed by atoms with E-state index >= 15 is 0 Å². The molecule has 0 radical (unpaired) electrons. The number of nitrogens with zero attached hydrogens (tertiary/aromatic N) is 3. The topological polar surface area (TPSA) is 41.6 Å². The molecule has 0 saturated carbocycles. The van der Waals surface area contributed by atoms with Gasteiger partial charge in [0.05, 0.1) is 24.0 Å². The number of imidazole rings is 1. The molecule has 1 unspecified atom stereocenters. The predicted octanol–water partition coefficient (Wildman–Crippen LogP) is 4.56. The van der Waals surface area contributed by atoms with Crippen LogP contribution in [0.1, 0.15) is 29.7 Å². The highest BCUT2D eigenvalue weighted by Crippen LogP contribution is 2.29. The largest absolute Gasteiger partial charge is 0.330 e. The van der Waals surface area contributed by atoms with E-state index in [0.29, 0.717) is 5.56 Å². The quantitative estimate of drug-likeness (QED) is 0.663. The Labute approximate surface area is 136 Å². The smallest absolute Gasteiger partial charge is 0.0991 e. The molecule has 3 heteroatoms. The number of hydrogen-bond acceptors (Lipinski definition) is 2. The molecule has 0 aliphatic carbocycles. The van der Waals surface area contributed by atoms with Crippen LogP contribution >= 0.6 is 0 Å². The molecular weight excluding hydrogens is 282 g/mol. The molecule has 2 aromatic carbocycles. The van der Waals surface area contributed by atoms with E-state index in [4.69, 9.17) is 5.26 Å². The van der Waals surface area contributed by atoms with Gasteiger partial charge in [-0.15, -0.1) is 0 Å². The van der Waals surface area contributed by atoms with Crippen molar-refractivity contribution in [1.29, 1.82) is 5.26 Å². The van der Waals surface area contributed by atoms with Gasteiger partial charge in [0.25, 0.3) is 0 Å². The van der Waals surface area contributed by atoms with Crippen LogP contribution in [0.3, 0.4) is 0 Å². The van der Waals surface area contributed by atoms with E-state index in [1.807, 2.05) is 55.0 Å². The van der Waals surface area contributed by atoms with E-state index in [2.05, 4.69) is 40.8 Å². The predicted molar refractivity (Wildman–Crippen MR) is 92.4 cm³/mol. The summed E-state index contributed by atoms with van der Waals surface area (Å²) >= 11 is 0. The Hall–Kier alpha value is -3.12. The molecule has 112 valence electrons. The van der Waals surface area contributed by atoms with Crippen molar-refractivity contribution in [2.45, 2.75) is 13.0 Å². The van der Waals surface area contributed by atoms with Gasteiger partial charge in [-0.3, -0.25) is 0 Å². The van der Waals surface area contributed by atoms with Crippen molar-refractivity contribution < 1.29 is 0 Å². The highest BCUT2D eigenvalue weighted by Gasteiger charge is 2.12. The van der Waals surface area contributed by atoms with E-state index in [9.17, 15) is 0 Å². The van der Waals surface area contributed by atoms with Gasteiger partial charge in [0.1, 0.15) is 0 Å². The summed E-state index contributed by atoms with van der Waals surface area (Å²) in [4.78, 5) is 4.15. The Bertz CT molecular complexity index is 823. The van der Waals surface area contributed by atoms with E-state index in [1.54, 1.807) is 6.20 Å². The van der Waals surface area contributed by atoms with Crippen molar-refractivity contribution in [1.82, 2.24) is 9.55 Å². The summed E-state index contributed by atoms with van der Waals surface area (Å²) < 4.78 is 2.09. The number of benzene rings is 2. The number of nitriles is 1. The fraction of sp³-hybridized carbons (Fsp3) is 0.100. The number of allylic oxidation sites excluding steroid dienone is 1. The van der Waals surface area contributed by atoms with Crippen molar-refractivity contribution in [3.8, 4) is 6.07 Å². The van der Waals surface area contributed by atoms with Crippen molar-refractivity contribution >= 4 is 11.6 Å². The summed E-state index contributed by atoms with van der Waals surface area (Å²) in [6, 6.07) is 20.3. The molecular formula is C20H17N3. The van der Waals surface area contributed by atoms with Gasteiger partial charge in [-0.2, -0.15) is 5.26 Å². The highest BCUT2D eigenvalue weighted by atomic mass is 15.0. The normalized spacial score (nSPS) is 12.6. The van der Waals surface area contributed by atoms with Crippen LogP contribution in [0.4, 0.5) is 0 Å². The molecule has 0 fully saturated rings. The van der Waals surface area contributed by atoms with Crippen molar-refractivity contribution in [2.24, 2.45) is 0 Å². The van der Waals surface area contributed by atoms with Crippen LogP contribution in [-0.2, 0) is 0 Å². The minimum atomic E-state index is 0.163. The van der Waals surface area contributed by atoms with Crippen LogP contribution in [0.25, 0.3) is 11.6 Å². The Kier molecular flexibility index (Phi) is 4.35. The number of aromatic nitrogens is 2. The molecule has 3 rings (SSSR count). The second-order valence-electron chi connectivity index (χ2n) is 5.39. The monoisotopic (exact) mass is 299 g/mol. The van der Waals surface area contributed by atoms with Crippen molar-refractivity contribution in [3.05, 3.63) is 90.0 Å². The second-order valence-corrected chi connectivity index (χ2v) is 5.39. The number of hydrogen-bond donors (Lipinski definition) is 0. The third kappa shape index (κ3) is 3.38. The molecule has 0 bridgehead atoms. The van der Waals surface area contributed by atoms with Crippen LogP contribution in [-0.4, -0.2) is 9.55 Å². The Morgan fingerprint density at radius 2 is 1.87 bits per heavy atom. The maximum atomic E-state index is 8.93. The second kappa shape index (κ2) is 6.76. The van der Waals surface area contributed by atoms with Gasteiger partial charge >= 0.3 is 0 Å². The summed E-state index contributed by atoms with van der Waals surface area (Å²) in [5.41, 5.74) is 4.13. The highest BCUT2D eigenvalue weighted by molar-refractivity contribution is 5.83. The maximum absolute atomic E-state index is 8.93. The van der Waals surface area contributed by atoms with Gasteiger partial charge in [0.15, 0.2) is 0 Å². The van der Waals surface area contributed by atoms with Gasteiger partial charge in [-0.25, -0.2) is 4.98 Å². The standard InChI is InChI=1S/C20H17N3/c1-16(23-12-11-22-15-23)20(19-5-3-2-4-6-19)13-17-7-9-18(14-21)10-8-17/h2-13,15-16H,1H3/b20-13-. The lowest BCUT2D eigenvalue weighted by molar-refractivity contribution is 0.678. The molecule has 1 heterocycles. The average Bonchev–Trinajstić information content (AvgIpc) is 3.15. The average molecular weight is 299 g/mol. The Morgan fingerprint density at radius 3 is 2.48 bits per heavy atom. The lowest BCUT2D eigenvalue weighted by Crippen LogP contribution is -2.05. The molecule has 0 N–H and O–H groups in total. The molecule has 23 heavy (non-hydrogen) atoms. The molecule has 0 amide bonds. The summed E-state index contributed by atoms with van der Waals surface area (Å²) in [6.07, 6.45) is 7.77. The van der Waals surface area contributed by atoms with Gasteiger partial charge < -0.3 is 4.57 Å². The first-order valence-corrected chi connectivity index (χ1v) is 7.52. The summed E-state index contributed by atoms with van der Waals surface area (Å²) in [6.45, 7) is 2.16. The van der Waals surface area contributed by atoms with E-state index < -0.39 is 0 Å². The number of rotatable bonds is 4. The first-order valence-electron chi connectivity index (χ1n) is 7.52. The fourth-order valence-corrected chi connectivity index (χ4v) is 2.57. The van der Waals surface area contributed by atoms with E-state index in [-0.39, 0.29) is 6.04 Å². The first kappa shape index (κ1) is 14.8. The van der Waals surface area contributed by atoms with Gasteiger partial charge in [0.2, 0.25) is 0 Å². The molecule has 3 aromatic rings. The van der Waals surface area contributed by atoms with Crippen LogP contribution < -0.4 is 0 Å². The van der Waals surface area contributed by atoms with Gasteiger partial charge in [0, 0.05) is 12.4 Å². The van der Waals surface area contributed by atoms with Crippen LogP contribution in [0, 0.1) is 11.3 Å². The van der Waals surface area contributed by atoms with Crippen LogP contribution in [0.2, 0.25) is 0 Å². The lowest BCUT2D eigenvalue weighted by atomic mass is 9.96. The van der Waals surface area contributed by atoms with Gasteiger partial charge in [-0.1, -0.05) is 42.5 Å². The molecule has 3 nitrogen and oxygen atoms in total. The molecule has 1 aromatic heterocycles.